The number of amides is 2. The molecule has 1 aliphatic heterocycles. The number of para-hydroxylation sites is 1. The van der Waals surface area contributed by atoms with Crippen molar-refractivity contribution < 1.29 is 28.7 Å². The molecule has 1 aromatic heterocycles. The van der Waals surface area contributed by atoms with Crippen LogP contribution in [0.3, 0.4) is 0 Å². The summed E-state index contributed by atoms with van der Waals surface area (Å²) in [6.45, 7) is 0. The summed E-state index contributed by atoms with van der Waals surface area (Å²) in [7, 11) is 1.43. The fourth-order valence-corrected chi connectivity index (χ4v) is 4.21. The lowest BCUT2D eigenvalue weighted by atomic mass is 10.1. The van der Waals surface area contributed by atoms with Crippen LogP contribution in [0.25, 0.3) is 10.9 Å². The van der Waals surface area contributed by atoms with E-state index in [1.165, 1.54) is 36.3 Å². The number of fused-ring (bicyclic) bond motifs is 2. The highest BCUT2D eigenvalue weighted by Gasteiger charge is 2.37. The Labute approximate surface area is 210 Å². The van der Waals surface area contributed by atoms with Crippen molar-refractivity contribution in [2.75, 3.05) is 12.0 Å². The van der Waals surface area contributed by atoms with Crippen molar-refractivity contribution in [3.8, 4) is 17.2 Å². The van der Waals surface area contributed by atoms with Gasteiger partial charge in [-0.25, -0.2) is 9.69 Å². The topological polar surface area (TPSA) is 147 Å². The number of hydrogen-bond acceptors (Lipinski definition) is 8. The smallest absolute Gasteiger partial charge is 0.422 e. The van der Waals surface area contributed by atoms with Crippen molar-refractivity contribution in [1.29, 1.82) is 0 Å². The molecular formula is C26H20N4O7. The predicted octanol–water partition coefficient (Wildman–Crippen LogP) is 4.22. The molecule has 0 spiro atoms. The first-order valence-corrected chi connectivity index (χ1v) is 11.1. The van der Waals surface area contributed by atoms with E-state index in [9.17, 15) is 19.7 Å². The minimum atomic E-state index is -0.785. The second-order valence-corrected chi connectivity index (χ2v) is 8.14. The zero-order valence-corrected chi connectivity index (χ0v) is 19.5. The molecule has 1 unspecified atom stereocenters. The molecule has 5 rings (SSSR count). The van der Waals surface area contributed by atoms with Gasteiger partial charge in [0.25, 0.3) is 11.6 Å². The van der Waals surface area contributed by atoms with Gasteiger partial charge in [-0.2, -0.15) is 0 Å². The Morgan fingerprint density at radius 3 is 2.54 bits per heavy atom. The normalized spacial score (nSPS) is 14.2. The molecule has 4 aromatic rings. The second kappa shape index (κ2) is 9.46. The maximum atomic E-state index is 13.3. The first-order valence-electron chi connectivity index (χ1n) is 11.1. The number of anilines is 1. The van der Waals surface area contributed by atoms with Gasteiger partial charge in [0.15, 0.2) is 6.23 Å². The molecule has 0 bridgehead atoms. The lowest BCUT2D eigenvalue weighted by molar-refractivity contribution is -0.384. The third-order valence-electron chi connectivity index (χ3n) is 5.93. The van der Waals surface area contributed by atoms with Gasteiger partial charge in [-0.05, 0) is 35.9 Å². The number of primary amides is 1. The maximum Gasteiger partial charge on any atom is 0.422 e. The summed E-state index contributed by atoms with van der Waals surface area (Å²) in [5, 5.41) is 11.4. The summed E-state index contributed by atoms with van der Waals surface area (Å²) in [5.74, 6) is 0.133. The third kappa shape index (κ3) is 4.45. The van der Waals surface area contributed by atoms with Crippen molar-refractivity contribution in [2.45, 2.75) is 12.6 Å². The van der Waals surface area contributed by atoms with E-state index in [1.54, 1.807) is 36.5 Å². The van der Waals surface area contributed by atoms with Crippen molar-refractivity contribution in [1.82, 2.24) is 4.98 Å². The number of ether oxygens (including phenoxy) is 3. The van der Waals surface area contributed by atoms with Crippen LogP contribution in [0.15, 0.2) is 72.9 Å². The molecule has 11 heteroatoms. The number of nitrogens with zero attached hydrogens (tertiary/aromatic N) is 3. The van der Waals surface area contributed by atoms with Gasteiger partial charge < -0.3 is 19.9 Å². The van der Waals surface area contributed by atoms with Gasteiger partial charge in [-0.1, -0.05) is 18.2 Å². The summed E-state index contributed by atoms with van der Waals surface area (Å²) >= 11 is 0. The molecule has 1 aliphatic rings. The number of aromatic nitrogens is 1. The lowest BCUT2D eigenvalue weighted by Gasteiger charge is -2.26. The highest BCUT2D eigenvalue weighted by molar-refractivity contribution is 6.01. The van der Waals surface area contributed by atoms with Crippen LogP contribution >= 0.6 is 0 Å². The Bertz CT molecular complexity index is 1540. The number of methoxy groups -OCH3 is 1. The molecule has 3 aromatic carbocycles. The van der Waals surface area contributed by atoms with Gasteiger partial charge >= 0.3 is 6.09 Å². The van der Waals surface area contributed by atoms with Crippen LogP contribution in [-0.2, 0) is 6.42 Å². The van der Waals surface area contributed by atoms with Gasteiger partial charge in [0.05, 0.1) is 28.8 Å². The maximum absolute atomic E-state index is 13.3. The van der Waals surface area contributed by atoms with E-state index in [4.69, 9.17) is 19.9 Å². The Hall–Kier alpha value is -5.19. The number of nitrogens with two attached hydrogens (primary N) is 1. The molecule has 2 heterocycles. The average molecular weight is 500 g/mol. The highest BCUT2D eigenvalue weighted by atomic mass is 16.6. The average Bonchev–Trinajstić information content (AvgIpc) is 3.26. The van der Waals surface area contributed by atoms with Crippen LogP contribution in [0, 0.1) is 10.1 Å². The first-order chi connectivity index (χ1) is 17.9. The number of benzene rings is 3. The van der Waals surface area contributed by atoms with E-state index < -0.39 is 23.2 Å². The zero-order valence-electron chi connectivity index (χ0n) is 19.5. The van der Waals surface area contributed by atoms with E-state index in [1.807, 2.05) is 12.1 Å². The zero-order chi connectivity index (χ0) is 26.1. The van der Waals surface area contributed by atoms with Crippen LogP contribution in [0.4, 0.5) is 16.2 Å². The number of non-ortho nitro benzene ring substituents is 1. The molecule has 11 nitrogen and oxygen atoms in total. The van der Waals surface area contributed by atoms with Crippen molar-refractivity contribution >= 4 is 34.3 Å². The monoisotopic (exact) mass is 500 g/mol. The molecule has 2 amide bonds. The quantitative estimate of drug-likeness (QED) is 0.306. The van der Waals surface area contributed by atoms with Crippen molar-refractivity contribution in [3.05, 3.63) is 94.2 Å². The number of rotatable bonds is 6. The van der Waals surface area contributed by atoms with Gasteiger partial charge in [-0.15, -0.1) is 0 Å². The van der Waals surface area contributed by atoms with Crippen LogP contribution < -0.4 is 24.8 Å². The summed E-state index contributed by atoms with van der Waals surface area (Å²) in [6, 6.07) is 17.3. The van der Waals surface area contributed by atoms with Crippen molar-refractivity contribution in [2.24, 2.45) is 5.73 Å². The Kier molecular flexibility index (Phi) is 6.02. The van der Waals surface area contributed by atoms with E-state index in [-0.39, 0.29) is 22.7 Å². The summed E-state index contributed by atoms with van der Waals surface area (Å²) in [5.41, 5.74) is 7.55. The van der Waals surface area contributed by atoms with Crippen molar-refractivity contribution in [3.63, 3.8) is 0 Å². The first kappa shape index (κ1) is 23.5. The lowest BCUT2D eigenvalue weighted by Crippen LogP contribution is -2.43. The van der Waals surface area contributed by atoms with Gasteiger partial charge in [-0.3, -0.25) is 19.9 Å². The van der Waals surface area contributed by atoms with Gasteiger partial charge in [0.1, 0.15) is 17.2 Å². The van der Waals surface area contributed by atoms with E-state index in [0.717, 1.165) is 5.56 Å². The second-order valence-electron chi connectivity index (χ2n) is 8.14. The van der Waals surface area contributed by atoms with Crippen LogP contribution in [0.1, 0.15) is 15.9 Å². The molecule has 37 heavy (non-hydrogen) atoms. The van der Waals surface area contributed by atoms with Gasteiger partial charge in [0.2, 0.25) is 0 Å². The number of carbonyl (C=O) groups is 2. The fraction of sp³-hybridized carbons (Fsp3) is 0.115. The molecule has 0 saturated heterocycles. The number of hydrogen-bond donors (Lipinski definition) is 1. The molecule has 1 atom stereocenters. The Balaban J connectivity index is 1.48. The number of nitro benzene ring substituents is 1. The minimum Gasteiger partial charge on any atom is -0.496 e. The summed E-state index contributed by atoms with van der Waals surface area (Å²) in [4.78, 5) is 41.4. The number of pyridine rings is 1. The molecule has 0 saturated carbocycles. The van der Waals surface area contributed by atoms with Gasteiger partial charge in [0, 0.05) is 36.2 Å². The molecule has 2 N–H and O–H groups in total. The molecular weight excluding hydrogens is 480 g/mol. The van der Waals surface area contributed by atoms with Crippen LogP contribution in [0.5, 0.6) is 17.2 Å². The third-order valence-corrected chi connectivity index (χ3v) is 5.93. The van der Waals surface area contributed by atoms with E-state index >= 15 is 0 Å². The number of carbonyl (C=O) groups excluding carboxylic acids is 2. The van der Waals surface area contributed by atoms with E-state index in [0.29, 0.717) is 28.8 Å². The fourth-order valence-electron chi connectivity index (χ4n) is 4.21. The molecule has 0 radical (unpaired) electrons. The molecule has 0 aliphatic carbocycles. The number of nitro groups is 1. The standard InChI is InChI=1S/C26H20N4O7/c1-35-23-14-20-18(13-19(23)25(27)31)22(10-11-28-20)37-24-12-15-4-2-3-5-21(15)29(24)26(32)36-17-8-6-16(7-9-17)30(33)34/h2-11,13-14,24H,12H2,1H3,(H2,27,31). The summed E-state index contributed by atoms with van der Waals surface area (Å²) in [6.07, 6.45) is 0.408. The minimum absolute atomic E-state index is 0.121. The largest absolute Gasteiger partial charge is 0.496 e. The Morgan fingerprint density at radius 1 is 1.08 bits per heavy atom. The highest BCUT2D eigenvalue weighted by Crippen LogP contribution is 2.37. The van der Waals surface area contributed by atoms with Crippen LogP contribution in [0.2, 0.25) is 0 Å². The SMILES string of the molecule is COc1cc2nccc(OC3Cc4ccccc4N3C(=O)Oc3ccc([N+](=O)[O-])cc3)c2cc1C(N)=O. The van der Waals surface area contributed by atoms with E-state index in [2.05, 4.69) is 4.98 Å². The summed E-state index contributed by atoms with van der Waals surface area (Å²) < 4.78 is 17.1. The van der Waals surface area contributed by atoms with Crippen LogP contribution in [-0.4, -0.2) is 35.2 Å². The molecule has 0 fully saturated rings. The predicted molar refractivity (Wildman–Crippen MR) is 133 cm³/mol. The molecule has 186 valence electrons. The Morgan fingerprint density at radius 2 is 1.84 bits per heavy atom.